The van der Waals surface area contributed by atoms with E-state index in [-0.39, 0.29) is 11.9 Å². The second kappa shape index (κ2) is 8.19. The van der Waals surface area contributed by atoms with Gasteiger partial charge in [-0.05, 0) is 38.7 Å². The highest BCUT2D eigenvalue weighted by Crippen LogP contribution is 2.45. The molecule has 2 unspecified atom stereocenters. The first-order valence-corrected chi connectivity index (χ1v) is 11.2. The summed E-state index contributed by atoms with van der Waals surface area (Å²) in [6.45, 7) is 0.401. The Balaban J connectivity index is 1.36. The molecule has 6 rings (SSSR count). The molecule has 5 aromatic carbocycles. The number of epoxide rings is 1. The van der Waals surface area contributed by atoms with Crippen LogP contribution in [-0.4, -0.2) is 11.9 Å². The van der Waals surface area contributed by atoms with E-state index in [1.165, 1.54) is 0 Å². The molecule has 1 fully saturated rings. The Hall–Kier alpha value is -3.95. The lowest BCUT2D eigenvalue weighted by molar-refractivity contribution is 0.0951. The van der Waals surface area contributed by atoms with Gasteiger partial charge in [0.05, 0.1) is 5.56 Å². The first-order chi connectivity index (χ1) is 16.3. The summed E-state index contributed by atoms with van der Waals surface area (Å²) in [5.74, 6) is 0.558. The highest BCUT2D eigenvalue weighted by atomic mass is 16.6. The Labute approximate surface area is 192 Å². The van der Waals surface area contributed by atoms with Crippen LogP contribution in [0.1, 0.15) is 27.6 Å². The fraction of sp³-hybridized carbons (Fsp3) is 0.100. The Bertz CT molecular complexity index is 1470. The lowest BCUT2D eigenvalue weighted by Crippen LogP contribution is -2.12. The van der Waals surface area contributed by atoms with E-state index in [0.29, 0.717) is 17.9 Å². The molecule has 3 heteroatoms. The van der Waals surface area contributed by atoms with Crippen molar-refractivity contribution in [2.24, 2.45) is 0 Å². The first kappa shape index (κ1) is 19.7. The predicted octanol–water partition coefficient (Wildman–Crippen LogP) is 6.89. The smallest absolute Gasteiger partial charge is 0.198 e. The summed E-state index contributed by atoms with van der Waals surface area (Å²) in [6, 6.07) is 36.2. The third-order valence-electron chi connectivity index (χ3n) is 6.25. The summed E-state index contributed by atoms with van der Waals surface area (Å²) in [6.07, 6.45) is -0.759. The van der Waals surface area contributed by atoms with Crippen LogP contribution in [0.15, 0.2) is 109 Å². The molecule has 1 aliphatic heterocycles. The van der Waals surface area contributed by atoms with Gasteiger partial charge in [-0.25, -0.2) is 0 Å². The summed E-state index contributed by atoms with van der Waals surface area (Å²) in [5, 5.41) is 4.17. The zero-order chi connectivity index (χ0) is 22.2. The molecule has 3 nitrogen and oxygen atoms in total. The van der Waals surface area contributed by atoms with Gasteiger partial charge in [-0.2, -0.15) is 0 Å². The summed E-state index contributed by atoms with van der Waals surface area (Å²) in [5.41, 5.74) is 2.70. The number of carbonyl (C=O) groups is 1. The second-order valence-corrected chi connectivity index (χ2v) is 8.34. The molecular formula is C30H22O3. The predicted molar refractivity (Wildman–Crippen MR) is 131 cm³/mol. The fourth-order valence-electron chi connectivity index (χ4n) is 4.55. The van der Waals surface area contributed by atoms with E-state index in [1.807, 2.05) is 84.9 Å². The molecule has 2 atom stereocenters. The Morgan fingerprint density at radius 1 is 0.697 bits per heavy atom. The minimum absolute atomic E-state index is 0.0344. The van der Waals surface area contributed by atoms with Crippen molar-refractivity contribution in [3.05, 3.63) is 126 Å². The molecule has 0 bridgehead atoms. The molecule has 0 aliphatic carbocycles. The topological polar surface area (TPSA) is 38.8 Å². The van der Waals surface area contributed by atoms with Gasteiger partial charge in [-0.3, -0.25) is 4.79 Å². The van der Waals surface area contributed by atoms with E-state index in [0.717, 1.165) is 32.7 Å². The summed E-state index contributed by atoms with van der Waals surface area (Å²) >= 11 is 0. The normalized spacial score (nSPS) is 17.2. The van der Waals surface area contributed by atoms with Crippen molar-refractivity contribution in [1.29, 1.82) is 0 Å². The lowest BCUT2D eigenvalue weighted by atomic mass is 9.95. The number of ketones is 1. The second-order valence-electron chi connectivity index (χ2n) is 8.34. The van der Waals surface area contributed by atoms with Crippen molar-refractivity contribution >= 4 is 27.3 Å². The maximum Gasteiger partial charge on any atom is 0.198 e. The van der Waals surface area contributed by atoms with Gasteiger partial charge >= 0.3 is 0 Å². The van der Waals surface area contributed by atoms with Gasteiger partial charge in [0, 0.05) is 0 Å². The van der Waals surface area contributed by atoms with Gasteiger partial charge < -0.3 is 9.47 Å². The van der Waals surface area contributed by atoms with Crippen molar-refractivity contribution < 1.29 is 14.3 Å². The third-order valence-corrected chi connectivity index (χ3v) is 6.25. The Morgan fingerprint density at radius 2 is 1.36 bits per heavy atom. The van der Waals surface area contributed by atoms with Crippen LogP contribution in [0.3, 0.4) is 0 Å². The van der Waals surface area contributed by atoms with E-state index in [4.69, 9.17) is 9.47 Å². The molecule has 0 amide bonds. The van der Waals surface area contributed by atoms with Crippen molar-refractivity contribution in [3.63, 3.8) is 0 Å². The fourth-order valence-corrected chi connectivity index (χ4v) is 4.55. The van der Waals surface area contributed by atoms with Crippen molar-refractivity contribution in [1.82, 2.24) is 0 Å². The average molecular weight is 431 g/mol. The van der Waals surface area contributed by atoms with Crippen LogP contribution in [-0.2, 0) is 11.3 Å². The van der Waals surface area contributed by atoms with Crippen LogP contribution in [0.5, 0.6) is 5.75 Å². The van der Waals surface area contributed by atoms with Crippen molar-refractivity contribution in [3.8, 4) is 5.75 Å². The molecule has 0 N–H and O–H groups in total. The zero-order valence-electron chi connectivity index (χ0n) is 18.0. The van der Waals surface area contributed by atoms with E-state index in [9.17, 15) is 4.79 Å². The highest BCUT2D eigenvalue weighted by Gasteiger charge is 2.48. The Morgan fingerprint density at radius 3 is 2.18 bits per heavy atom. The number of rotatable bonds is 6. The number of ether oxygens (including phenoxy) is 2. The molecule has 0 saturated carbocycles. The van der Waals surface area contributed by atoms with Gasteiger partial charge in [0.25, 0.3) is 0 Å². The molecule has 1 heterocycles. The molecule has 0 spiro atoms. The van der Waals surface area contributed by atoms with Gasteiger partial charge in [0.15, 0.2) is 11.9 Å². The van der Waals surface area contributed by atoms with Crippen LogP contribution in [0.25, 0.3) is 21.5 Å². The van der Waals surface area contributed by atoms with E-state index < -0.39 is 6.10 Å². The Kier molecular flexibility index (Phi) is 4.89. The van der Waals surface area contributed by atoms with Crippen LogP contribution >= 0.6 is 0 Å². The summed E-state index contributed by atoms with van der Waals surface area (Å²) in [4.78, 5) is 13.8. The third kappa shape index (κ3) is 3.67. The maximum absolute atomic E-state index is 13.8. The minimum atomic E-state index is -0.513. The number of hydrogen-bond donors (Lipinski definition) is 0. The SMILES string of the molecule is O=C(c1c(OCc2ccccc2)ccc2ccccc12)C1OC1c1cccc2ccccc12. The molecule has 5 aromatic rings. The quantitative estimate of drug-likeness (QED) is 0.217. The van der Waals surface area contributed by atoms with Crippen LogP contribution < -0.4 is 4.74 Å². The summed E-state index contributed by atoms with van der Waals surface area (Å²) in [7, 11) is 0. The lowest BCUT2D eigenvalue weighted by Gasteiger charge is -2.13. The maximum atomic E-state index is 13.8. The van der Waals surface area contributed by atoms with Crippen LogP contribution in [0.4, 0.5) is 0 Å². The zero-order valence-corrected chi connectivity index (χ0v) is 18.0. The summed E-state index contributed by atoms with van der Waals surface area (Å²) < 4.78 is 12.2. The van der Waals surface area contributed by atoms with Crippen LogP contribution in [0.2, 0.25) is 0 Å². The number of fused-ring (bicyclic) bond motifs is 2. The van der Waals surface area contributed by atoms with Crippen molar-refractivity contribution in [2.45, 2.75) is 18.8 Å². The van der Waals surface area contributed by atoms with Gasteiger partial charge in [-0.1, -0.05) is 103 Å². The number of Topliss-reactive ketones (excluding diaryl/α,β-unsaturated/α-hetero) is 1. The highest BCUT2D eigenvalue weighted by molar-refractivity contribution is 6.13. The molecule has 33 heavy (non-hydrogen) atoms. The molecule has 1 aliphatic rings. The van der Waals surface area contributed by atoms with E-state index >= 15 is 0 Å². The van der Waals surface area contributed by atoms with Gasteiger partial charge in [-0.15, -0.1) is 0 Å². The van der Waals surface area contributed by atoms with Gasteiger partial charge in [0.1, 0.15) is 18.5 Å². The first-order valence-electron chi connectivity index (χ1n) is 11.2. The van der Waals surface area contributed by atoms with E-state index in [2.05, 4.69) is 24.3 Å². The van der Waals surface area contributed by atoms with E-state index in [1.54, 1.807) is 0 Å². The minimum Gasteiger partial charge on any atom is -0.488 e. The monoisotopic (exact) mass is 430 g/mol. The standard InChI is InChI=1S/C30H22O3/c31-28(30-29(33-30)25-16-8-13-21-11-4-6-14-23(21)25)27-24-15-7-5-12-22(24)17-18-26(27)32-19-20-9-2-1-3-10-20/h1-18,29-30H,19H2. The molecular weight excluding hydrogens is 408 g/mol. The number of carbonyl (C=O) groups excluding carboxylic acids is 1. The van der Waals surface area contributed by atoms with Crippen molar-refractivity contribution in [2.75, 3.05) is 0 Å². The number of hydrogen-bond acceptors (Lipinski definition) is 3. The molecule has 0 aromatic heterocycles. The largest absolute Gasteiger partial charge is 0.488 e. The number of benzene rings is 5. The van der Waals surface area contributed by atoms with Gasteiger partial charge in [0.2, 0.25) is 0 Å². The average Bonchev–Trinajstić information content (AvgIpc) is 3.68. The molecule has 1 saturated heterocycles. The molecule has 160 valence electrons. The van der Waals surface area contributed by atoms with Crippen LogP contribution in [0, 0.1) is 0 Å². The molecule has 0 radical (unpaired) electrons.